The number of pyridine rings is 2. The quantitative estimate of drug-likeness (QED) is 0.732. The van der Waals surface area contributed by atoms with E-state index in [1.807, 2.05) is 24.3 Å². The lowest BCUT2D eigenvalue weighted by Gasteiger charge is -2.07. The van der Waals surface area contributed by atoms with Gasteiger partial charge in [0, 0.05) is 23.5 Å². The van der Waals surface area contributed by atoms with E-state index in [0.717, 1.165) is 10.9 Å². The molecular formula is C15H10ClN3O. The molecule has 0 fully saturated rings. The predicted octanol–water partition coefficient (Wildman–Crippen LogP) is 3.54. The van der Waals surface area contributed by atoms with E-state index in [4.69, 9.17) is 11.6 Å². The van der Waals surface area contributed by atoms with Gasteiger partial charge < -0.3 is 5.32 Å². The fourth-order valence-corrected chi connectivity index (χ4v) is 2.11. The van der Waals surface area contributed by atoms with Gasteiger partial charge in [-0.05, 0) is 36.4 Å². The van der Waals surface area contributed by atoms with E-state index in [0.29, 0.717) is 11.3 Å². The molecule has 5 heteroatoms. The summed E-state index contributed by atoms with van der Waals surface area (Å²) in [5.74, 6) is -0.286. The van der Waals surface area contributed by atoms with Gasteiger partial charge >= 0.3 is 0 Å². The van der Waals surface area contributed by atoms with Crippen molar-refractivity contribution in [2.45, 2.75) is 0 Å². The molecule has 0 aliphatic carbocycles. The van der Waals surface area contributed by atoms with Crippen molar-refractivity contribution in [2.24, 2.45) is 0 Å². The van der Waals surface area contributed by atoms with Crippen molar-refractivity contribution in [1.29, 1.82) is 0 Å². The molecule has 0 aliphatic rings. The van der Waals surface area contributed by atoms with Crippen molar-refractivity contribution >= 4 is 34.1 Å². The van der Waals surface area contributed by atoms with Crippen LogP contribution < -0.4 is 5.32 Å². The van der Waals surface area contributed by atoms with Crippen LogP contribution in [0.25, 0.3) is 10.9 Å². The Morgan fingerprint density at radius 2 is 1.85 bits per heavy atom. The summed E-state index contributed by atoms with van der Waals surface area (Å²) in [5, 5.41) is 3.95. The van der Waals surface area contributed by atoms with E-state index in [9.17, 15) is 4.79 Å². The molecule has 0 saturated heterocycles. The number of hydrogen-bond donors (Lipinski definition) is 1. The maximum absolute atomic E-state index is 12.1. The highest BCUT2D eigenvalue weighted by atomic mass is 35.5. The molecule has 1 aromatic carbocycles. The maximum Gasteiger partial charge on any atom is 0.258 e. The number of carbonyl (C=O) groups is 1. The number of hydrogen-bond acceptors (Lipinski definition) is 3. The Kier molecular flexibility index (Phi) is 3.31. The topological polar surface area (TPSA) is 54.9 Å². The molecule has 2 aromatic heterocycles. The third-order valence-corrected chi connectivity index (χ3v) is 3.17. The van der Waals surface area contributed by atoms with Crippen molar-refractivity contribution in [3.8, 4) is 0 Å². The first-order valence-electron chi connectivity index (χ1n) is 6.01. The highest BCUT2D eigenvalue weighted by Gasteiger charge is 2.10. The summed E-state index contributed by atoms with van der Waals surface area (Å²) in [5.41, 5.74) is 1.92. The zero-order chi connectivity index (χ0) is 13.9. The van der Waals surface area contributed by atoms with Crippen molar-refractivity contribution in [1.82, 2.24) is 9.97 Å². The lowest BCUT2D eigenvalue weighted by atomic mass is 10.2. The monoisotopic (exact) mass is 283 g/mol. The SMILES string of the molecule is O=C(Nc1ccc2ncccc2c1)c1cccnc1Cl. The highest BCUT2D eigenvalue weighted by molar-refractivity contribution is 6.33. The normalized spacial score (nSPS) is 10.4. The molecule has 3 aromatic rings. The minimum Gasteiger partial charge on any atom is -0.322 e. The fourth-order valence-electron chi connectivity index (χ4n) is 1.91. The minimum absolute atomic E-state index is 0.187. The first-order valence-corrected chi connectivity index (χ1v) is 6.38. The minimum atomic E-state index is -0.286. The van der Waals surface area contributed by atoms with Crippen LogP contribution >= 0.6 is 11.6 Å². The average molecular weight is 284 g/mol. The van der Waals surface area contributed by atoms with Crippen molar-refractivity contribution in [3.63, 3.8) is 0 Å². The molecule has 0 bridgehead atoms. The molecule has 0 unspecified atom stereocenters. The molecule has 0 spiro atoms. The van der Waals surface area contributed by atoms with Gasteiger partial charge in [-0.3, -0.25) is 9.78 Å². The van der Waals surface area contributed by atoms with Crippen molar-refractivity contribution < 1.29 is 4.79 Å². The predicted molar refractivity (Wildman–Crippen MR) is 78.9 cm³/mol. The molecule has 0 atom stereocenters. The summed E-state index contributed by atoms with van der Waals surface area (Å²) in [6.45, 7) is 0. The van der Waals surface area contributed by atoms with Gasteiger partial charge in [-0.25, -0.2) is 4.98 Å². The first kappa shape index (κ1) is 12.6. The molecule has 1 amide bonds. The van der Waals surface area contributed by atoms with E-state index in [-0.39, 0.29) is 11.1 Å². The standard InChI is InChI=1S/C15H10ClN3O/c16-14-12(4-2-8-18-14)15(20)19-11-5-6-13-10(9-11)3-1-7-17-13/h1-9H,(H,19,20). The van der Waals surface area contributed by atoms with Crippen LogP contribution in [0.3, 0.4) is 0 Å². The van der Waals surface area contributed by atoms with Gasteiger partial charge in [0.1, 0.15) is 5.15 Å². The Balaban J connectivity index is 1.89. The van der Waals surface area contributed by atoms with Crippen molar-refractivity contribution in [3.05, 3.63) is 65.6 Å². The Morgan fingerprint density at radius 1 is 1.05 bits per heavy atom. The van der Waals surface area contributed by atoms with Crippen LogP contribution in [0, 0.1) is 0 Å². The first-order chi connectivity index (χ1) is 9.74. The summed E-state index contributed by atoms with van der Waals surface area (Å²) in [7, 11) is 0. The van der Waals surface area contributed by atoms with Crippen LogP contribution in [0.4, 0.5) is 5.69 Å². The molecule has 0 radical (unpaired) electrons. The summed E-state index contributed by atoms with van der Waals surface area (Å²) in [6.07, 6.45) is 3.27. The van der Waals surface area contributed by atoms with Gasteiger partial charge in [-0.1, -0.05) is 17.7 Å². The van der Waals surface area contributed by atoms with Gasteiger partial charge in [0.25, 0.3) is 5.91 Å². The summed E-state index contributed by atoms with van der Waals surface area (Å²) < 4.78 is 0. The smallest absolute Gasteiger partial charge is 0.258 e. The van der Waals surface area contributed by atoms with E-state index < -0.39 is 0 Å². The van der Waals surface area contributed by atoms with Gasteiger partial charge in [0.2, 0.25) is 0 Å². The second-order valence-electron chi connectivity index (χ2n) is 4.21. The zero-order valence-electron chi connectivity index (χ0n) is 10.4. The van der Waals surface area contributed by atoms with E-state index in [2.05, 4.69) is 15.3 Å². The number of aromatic nitrogens is 2. The van der Waals surface area contributed by atoms with Crippen LogP contribution in [0.2, 0.25) is 5.15 Å². The molecule has 1 N–H and O–H groups in total. The van der Waals surface area contributed by atoms with Gasteiger partial charge in [0.05, 0.1) is 11.1 Å². The molecule has 4 nitrogen and oxygen atoms in total. The molecular weight excluding hydrogens is 274 g/mol. The molecule has 98 valence electrons. The third-order valence-electron chi connectivity index (χ3n) is 2.86. The number of carbonyl (C=O) groups excluding carboxylic acids is 1. The second-order valence-corrected chi connectivity index (χ2v) is 4.56. The molecule has 20 heavy (non-hydrogen) atoms. The van der Waals surface area contributed by atoms with Gasteiger partial charge in [-0.2, -0.15) is 0 Å². The molecule has 2 heterocycles. The maximum atomic E-state index is 12.1. The number of benzene rings is 1. The van der Waals surface area contributed by atoms with E-state index >= 15 is 0 Å². The number of halogens is 1. The summed E-state index contributed by atoms with van der Waals surface area (Å²) in [4.78, 5) is 20.2. The summed E-state index contributed by atoms with van der Waals surface area (Å²) >= 11 is 5.90. The third kappa shape index (κ3) is 2.46. The number of nitrogens with one attached hydrogen (secondary N) is 1. The second kappa shape index (κ2) is 5.27. The van der Waals surface area contributed by atoms with E-state index in [1.54, 1.807) is 30.6 Å². The van der Waals surface area contributed by atoms with Crippen molar-refractivity contribution in [2.75, 3.05) is 5.32 Å². The van der Waals surface area contributed by atoms with Gasteiger partial charge in [0.15, 0.2) is 0 Å². The van der Waals surface area contributed by atoms with Crippen LogP contribution in [-0.2, 0) is 0 Å². The highest BCUT2D eigenvalue weighted by Crippen LogP contribution is 2.19. The number of rotatable bonds is 2. The van der Waals surface area contributed by atoms with Crippen LogP contribution in [-0.4, -0.2) is 15.9 Å². The average Bonchev–Trinajstić information content (AvgIpc) is 2.47. The molecule has 3 rings (SSSR count). The molecule has 0 saturated carbocycles. The number of nitrogens with zero attached hydrogens (tertiary/aromatic N) is 2. The lowest BCUT2D eigenvalue weighted by molar-refractivity contribution is 0.102. The Hall–Kier alpha value is -2.46. The van der Waals surface area contributed by atoms with Crippen LogP contribution in [0.1, 0.15) is 10.4 Å². The Bertz CT molecular complexity index is 789. The summed E-state index contributed by atoms with van der Waals surface area (Å²) in [6, 6.07) is 12.6. The lowest BCUT2D eigenvalue weighted by Crippen LogP contribution is -2.12. The fraction of sp³-hybridized carbons (Fsp3) is 0. The largest absolute Gasteiger partial charge is 0.322 e. The van der Waals surface area contributed by atoms with Crippen LogP contribution in [0.5, 0.6) is 0 Å². The Labute approximate surface area is 120 Å². The number of fused-ring (bicyclic) bond motifs is 1. The number of anilines is 1. The molecule has 0 aliphatic heterocycles. The zero-order valence-corrected chi connectivity index (χ0v) is 11.1. The van der Waals surface area contributed by atoms with Crippen LogP contribution in [0.15, 0.2) is 54.9 Å². The number of amides is 1. The van der Waals surface area contributed by atoms with E-state index in [1.165, 1.54) is 0 Å². The Morgan fingerprint density at radius 3 is 2.70 bits per heavy atom. The van der Waals surface area contributed by atoms with Gasteiger partial charge in [-0.15, -0.1) is 0 Å².